The van der Waals surface area contributed by atoms with Gasteiger partial charge in [0.2, 0.25) is 0 Å². The Hall–Kier alpha value is -2.92. The number of ether oxygens (including phenoxy) is 2. The summed E-state index contributed by atoms with van der Waals surface area (Å²) in [4.78, 5) is 24.7. The molecular weight excluding hydrogens is 408 g/mol. The van der Waals surface area contributed by atoms with E-state index in [-0.39, 0.29) is 18.8 Å². The maximum absolute atomic E-state index is 12.4. The maximum Gasteiger partial charge on any atom is 0.339 e. The Balaban J connectivity index is 1.66. The van der Waals surface area contributed by atoms with Crippen molar-refractivity contribution in [2.75, 3.05) is 0 Å². The molecule has 0 spiro atoms. The first-order valence-corrected chi connectivity index (χ1v) is 9.14. The van der Waals surface area contributed by atoms with Crippen molar-refractivity contribution in [2.24, 2.45) is 0 Å². The van der Waals surface area contributed by atoms with Crippen molar-refractivity contribution < 1.29 is 19.1 Å². The van der Waals surface area contributed by atoms with Crippen molar-refractivity contribution in [3.63, 3.8) is 0 Å². The van der Waals surface area contributed by atoms with Crippen molar-refractivity contribution in [2.45, 2.75) is 13.2 Å². The maximum atomic E-state index is 12.4. The topological polar surface area (TPSA) is 52.6 Å². The van der Waals surface area contributed by atoms with E-state index < -0.39 is 11.9 Å². The number of rotatable bonds is 6. The van der Waals surface area contributed by atoms with Crippen LogP contribution in [0.1, 0.15) is 31.8 Å². The van der Waals surface area contributed by atoms with Gasteiger partial charge in [0, 0.05) is 4.47 Å². The minimum absolute atomic E-state index is 0.162. The van der Waals surface area contributed by atoms with E-state index in [0.717, 1.165) is 11.1 Å². The second-order valence-corrected chi connectivity index (χ2v) is 6.67. The fourth-order valence-electron chi connectivity index (χ4n) is 2.42. The average molecular weight is 425 g/mol. The van der Waals surface area contributed by atoms with Crippen molar-refractivity contribution in [1.82, 2.24) is 0 Å². The molecule has 0 aromatic heterocycles. The summed E-state index contributed by atoms with van der Waals surface area (Å²) in [6.45, 7) is 0.332. The van der Waals surface area contributed by atoms with Crippen LogP contribution in [0.15, 0.2) is 83.3 Å². The molecule has 0 fully saturated rings. The fraction of sp³-hybridized carbons (Fsp3) is 0.0909. The molecule has 3 rings (SSSR count). The highest BCUT2D eigenvalue weighted by atomic mass is 79.9. The summed E-state index contributed by atoms with van der Waals surface area (Å²) in [5, 5.41) is 0. The van der Waals surface area contributed by atoms with E-state index in [9.17, 15) is 9.59 Å². The van der Waals surface area contributed by atoms with Gasteiger partial charge in [-0.05, 0) is 45.3 Å². The molecule has 0 amide bonds. The molecule has 0 radical (unpaired) electrons. The molecule has 0 atom stereocenters. The number of halogens is 1. The molecule has 0 saturated heterocycles. The van der Waals surface area contributed by atoms with Crippen LogP contribution < -0.4 is 0 Å². The van der Waals surface area contributed by atoms with E-state index >= 15 is 0 Å². The molecule has 0 bridgehead atoms. The lowest BCUT2D eigenvalue weighted by atomic mass is 10.1. The summed E-state index contributed by atoms with van der Waals surface area (Å²) in [7, 11) is 0. The zero-order chi connectivity index (χ0) is 19.1. The van der Waals surface area contributed by atoms with Crippen molar-refractivity contribution in [3.8, 4) is 0 Å². The Kier molecular flexibility index (Phi) is 6.39. The van der Waals surface area contributed by atoms with Gasteiger partial charge >= 0.3 is 11.9 Å². The quantitative estimate of drug-likeness (QED) is 0.512. The van der Waals surface area contributed by atoms with Crippen molar-refractivity contribution in [1.29, 1.82) is 0 Å². The Morgan fingerprint density at radius 2 is 1.22 bits per heavy atom. The van der Waals surface area contributed by atoms with Crippen LogP contribution in [0.5, 0.6) is 0 Å². The molecule has 4 nitrogen and oxygen atoms in total. The highest BCUT2D eigenvalue weighted by molar-refractivity contribution is 9.10. The summed E-state index contributed by atoms with van der Waals surface area (Å²) < 4.78 is 11.2. The normalized spacial score (nSPS) is 10.3. The third-order valence-corrected chi connectivity index (χ3v) is 4.54. The Bertz CT molecular complexity index is 924. The lowest BCUT2D eigenvalue weighted by Crippen LogP contribution is -2.10. The Labute approximate surface area is 165 Å². The minimum atomic E-state index is -0.511. The van der Waals surface area contributed by atoms with Gasteiger partial charge < -0.3 is 9.47 Å². The number of carbonyl (C=O) groups excluding carboxylic acids is 2. The van der Waals surface area contributed by atoms with E-state index in [0.29, 0.717) is 10.0 Å². The summed E-state index contributed by atoms with van der Waals surface area (Å²) >= 11 is 3.33. The molecule has 5 heteroatoms. The predicted molar refractivity (Wildman–Crippen MR) is 105 cm³/mol. The Morgan fingerprint density at radius 1 is 0.704 bits per heavy atom. The van der Waals surface area contributed by atoms with Crippen LogP contribution in [0.3, 0.4) is 0 Å². The van der Waals surface area contributed by atoms with Gasteiger partial charge in [0.15, 0.2) is 0 Å². The fourth-order valence-corrected chi connectivity index (χ4v) is 2.82. The van der Waals surface area contributed by atoms with Crippen LogP contribution >= 0.6 is 15.9 Å². The third kappa shape index (κ3) is 5.28. The van der Waals surface area contributed by atoms with E-state index in [1.54, 1.807) is 12.1 Å². The molecule has 3 aromatic carbocycles. The number of carbonyl (C=O) groups is 2. The first kappa shape index (κ1) is 18.9. The summed E-state index contributed by atoms with van der Waals surface area (Å²) in [5.74, 6) is -1.01. The van der Waals surface area contributed by atoms with E-state index in [2.05, 4.69) is 15.9 Å². The first-order chi connectivity index (χ1) is 13.1. The second-order valence-electron chi connectivity index (χ2n) is 5.82. The highest BCUT2D eigenvalue weighted by Crippen LogP contribution is 2.21. The number of hydrogen-bond acceptors (Lipinski definition) is 4. The number of benzene rings is 3. The van der Waals surface area contributed by atoms with Gasteiger partial charge in [0.1, 0.15) is 13.2 Å². The van der Waals surface area contributed by atoms with Gasteiger partial charge in [0.05, 0.1) is 11.1 Å². The third-order valence-electron chi connectivity index (χ3n) is 3.85. The van der Waals surface area contributed by atoms with Crippen LogP contribution in [-0.4, -0.2) is 11.9 Å². The Morgan fingerprint density at radius 3 is 1.78 bits per heavy atom. The van der Waals surface area contributed by atoms with E-state index in [1.807, 2.05) is 60.7 Å². The molecular formula is C22H17BrO4. The second kappa shape index (κ2) is 9.14. The largest absolute Gasteiger partial charge is 0.457 e. The molecule has 0 saturated carbocycles. The molecule has 0 heterocycles. The highest BCUT2D eigenvalue weighted by Gasteiger charge is 2.16. The molecule has 3 aromatic rings. The van der Waals surface area contributed by atoms with Crippen LogP contribution in [-0.2, 0) is 22.7 Å². The average Bonchev–Trinajstić information content (AvgIpc) is 2.72. The number of esters is 2. The van der Waals surface area contributed by atoms with E-state index in [1.165, 1.54) is 6.07 Å². The van der Waals surface area contributed by atoms with Gasteiger partial charge in [-0.15, -0.1) is 0 Å². The SMILES string of the molecule is O=C(OCc1ccccc1)c1ccc(Br)c(C(=O)OCc2ccccc2)c1. The minimum Gasteiger partial charge on any atom is -0.457 e. The zero-order valence-corrected chi connectivity index (χ0v) is 16.0. The standard InChI is InChI=1S/C22H17BrO4/c23-20-12-11-18(21(24)26-14-16-7-3-1-4-8-16)13-19(20)22(25)27-15-17-9-5-2-6-10-17/h1-13H,14-15H2. The van der Waals surface area contributed by atoms with Gasteiger partial charge in [-0.3, -0.25) is 0 Å². The van der Waals surface area contributed by atoms with Gasteiger partial charge in [-0.2, -0.15) is 0 Å². The lowest BCUT2D eigenvalue weighted by molar-refractivity contribution is 0.0470. The van der Waals surface area contributed by atoms with Crippen LogP contribution in [0, 0.1) is 0 Å². The molecule has 27 heavy (non-hydrogen) atoms. The van der Waals surface area contributed by atoms with Crippen LogP contribution in [0.25, 0.3) is 0 Å². The predicted octanol–water partition coefficient (Wildman–Crippen LogP) is 5.16. The van der Waals surface area contributed by atoms with Crippen LogP contribution in [0.2, 0.25) is 0 Å². The summed E-state index contributed by atoms with van der Waals surface area (Å²) in [5.41, 5.74) is 2.35. The van der Waals surface area contributed by atoms with E-state index in [4.69, 9.17) is 9.47 Å². The molecule has 0 aliphatic heterocycles. The first-order valence-electron chi connectivity index (χ1n) is 8.35. The molecule has 0 aliphatic rings. The van der Waals surface area contributed by atoms with Gasteiger partial charge in [-0.25, -0.2) is 9.59 Å². The monoisotopic (exact) mass is 424 g/mol. The number of hydrogen-bond donors (Lipinski definition) is 0. The van der Waals surface area contributed by atoms with Crippen molar-refractivity contribution >= 4 is 27.9 Å². The van der Waals surface area contributed by atoms with Gasteiger partial charge in [-0.1, -0.05) is 60.7 Å². The molecule has 136 valence electrons. The van der Waals surface area contributed by atoms with Crippen LogP contribution in [0.4, 0.5) is 0 Å². The molecule has 0 unspecified atom stereocenters. The summed E-state index contributed by atoms with van der Waals surface area (Å²) in [6.07, 6.45) is 0. The zero-order valence-electron chi connectivity index (χ0n) is 14.4. The lowest BCUT2D eigenvalue weighted by Gasteiger charge is -2.09. The van der Waals surface area contributed by atoms with Gasteiger partial charge in [0.25, 0.3) is 0 Å². The van der Waals surface area contributed by atoms with Crippen molar-refractivity contribution in [3.05, 3.63) is 106 Å². The molecule has 0 N–H and O–H groups in total. The molecule has 0 aliphatic carbocycles. The summed E-state index contributed by atoms with van der Waals surface area (Å²) in [6, 6.07) is 23.5. The smallest absolute Gasteiger partial charge is 0.339 e.